The molecule has 0 aliphatic heterocycles. The molecule has 0 aliphatic carbocycles. The molecular formula is C13H22GeSe. The zero-order valence-electron chi connectivity index (χ0n) is 10.1. The molecule has 0 unspecified atom stereocenters. The van der Waals surface area contributed by atoms with Gasteiger partial charge in [-0.2, -0.15) is 0 Å². The monoisotopic (exact) mass is 332 g/mol. The SMILES string of the molecule is C[CH2][Ge]([CH2]C)[CH2]C.[Se]Cc1ccccc1. The zero-order valence-corrected chi connectivity index (χ0v) is 13.9. The molecule has 0 amide bonds. The van der Waals surface area contributed by atoms with Gasteiger partial charge in [-0.05, 0) is 0 Å². The fraction of sp³-hybridized carbons (Fsp3) is 0.538. The molecule has 0 spiro atoms. The van der Waals surface area contributed by atoms with Crippen molar-refractivity contribution in [3.8, 4) is 0 Å². The van der Waals surface area contributed by atoms with Crippen LogP contribution in [0, 0.1) is 0 Å². The Bertz CT molecular complexity index is 214. The summed E-state index contributed by atoms with van der Waals surface area (Å²) in [5, 5.41) is 5.58. The first-order valence-electron chi connectivity index (χ1n) is 5.73. The number of benzene rings is 1. The molecule has 0 aliphatic rings. The first-order valence-corrected chi connectivity index (χ1v) is 11.4. The molecule has 2 heteroatoms. The Morgan fingerprint density at radius 1 is 0.933 bits per heavy atom. The fourth-order valence-corrected chi connectivity index (χ4v) is 4.88. The van der Waals surface area contributed by atoms with E-state index in [2.05, 4.69) is 48.9 Å². The average molecular weight is 330 g/mol. The van der Waals surface area contributed by atoms with E-state index in [1.807, 2.05) is 18.2 Å². The summed E-state index contributed by atoms with van der Waals surface area (Å²) in [5.41, 5.74) is 1.35. The Morgan fingerprint density at radius 3 is 1.60 bits per heavy atom. The Labute approximate surface area is 108 Å². The molecular weight excluding hydrogens is 308 g/mol. The molecule has 0 atom stereocenters. The van der Waals surface area contributed by atoms with Crippen LogP contribution in [0.1, 0.15) is 26.3 Å². The van der Waals surface area contributed by atoms with Crippen LogP contribution in [-0.4, -0.2) is 30.4 Å². The molecule has 0 heterocycles. The van der Waals surface area contributed by atoms with Gasteiger partial charge in [0.05, 0.1) is 0 Å². The van der Waals surface area contributed by atoms with Gasteiger partial charge in [0.2, 0.25) is 0 Å². The molecule has 1 rings (SSSR count). The Balaban J connectivity index is 0.000000265. The van der Waals surface area contributed by atoms with E-state index in [4.69, 9.17) is 0 Å². The number of rotatable bonds is 4. The van der Waals surface area contributed by atoms with Crippen molar-refractivity contribution in [1.29, 1.82) is 0 Å². The van der Waals surface area contributed by atoms with Crippen molar-refractivity contribution in [3.05, 3.63) is 35.9 Å². The Morgan fingerprint density at radius 2 is 1.40 bits per heavy atom. The molecule has 1 aromatic carbocycles. The van der Waals surface area contributed by atoms with Gasteiger partial charge in [0.15, 0.2) is 0 Å². The van der Waals surface area contributed by atoms with Crippen LogP contribution in [-0.2, 0) is 5.32 Å². The average Bonchev–Trinajstić information content (AvgIpc) is 2.33. The Kier molecular flexibility index (Phi) is 11.0. The van der Waals surface area contributed by atoms with E-state index in [9.17, 15) is 0 Å². The third-order valence-electron chi connectivity index (χ3n) is 2.51. The summed E-state index contributed by atoms with van der Waals surface area (Å²) < 4.78 is 0. The van der Waals surface area contributed by atoms with Crippen LogP contribution in [0.5, 0.6) is 0 Å². The van der Waals surface area contributed by atoms with Gasteiger partial charge in [-0.1, -0.05) is 0 Å². The number of hydrogen-bond donors (Lipinski definition) is 0. The summed E-state index contributed by atoms with van der Waals surface area (Å²) >= 11 is 2.56. The molecule has 2 radical (unpaired) electrons. The summed E-state index contributed by atoms with van der Waals surface area (Å²) in [6.45, 7) is 7.01. The van der Waals surface area contributed by atoms with Crippen LogP contribution in [0.2, 0.25) is 15.8 Å². The van der Waals surface area contributed by atoms with Crippen molar-refractivity contribution < 1.29 is 0 Å². The molecule has 84 valence electrons. The third kappa shape index (κ3) is 8.13. The van der Waals surface area contributed by atoms with E-state index in [0.717, 1.165) is 5.32 Å². The molecule has 1 aromatic rings. The molecule has 0 fully saturated rings. The molecule has 0 bridgehead atoms. The summed E-state index contributed by atoms with van der Waals surface area (Å²) in [5.74, 6) is 0. The van der Waals surface area contributed by atoms with Gasteiger partial charge in [-0.3, -0.25) is 0 Å². The normalized spacial score (nSPS) is 9.67. The first kappa shape index (κ1) is 15.3. The molecule has 0 N–H and O–H groups in total. The van der Waals surface area contributed by atoms with Crippen LogP contribution >= 0.6 is 0 Å². The van der Waals surface area contributed by atoms with Crippen LogP contribution in [0.25, 0.3) is 0 Å². The molecule has 0 saturated carbocycles. The van der Waals surface area contributed by atoms with Crippen LogP contribution in [0.15, 0.2) is 30.3 Å². The third-order valence-corrected chi connectivity index (χ3v) is 9.50. The van der Waals surface area contributed by atoms with Crippen molar-refractivity contribution in [3.63, 3.8) is 0 Å². The standard InChI is InChI=1S/C7H7Se.C6H15Ge/c8-6-7-4-2-1-3-5-7;1-4-7(5-2)6-3/h1-5H,6H2;4-6H2,1-3H3. The van der Waals surface area contributed by atoms with E-state index < -0.39 is 14.3 Å². The second-order valence-corrected chi connectivity index (χ2v) is 11.6. The van der Waals surface area contributed by atoms with Gasteiger partial charge in [-0.25, -0.2) is 0 Å². The first-order chi connectivity index (χ1) is 7.28. The van der Waals surface area contributed by atoms with Gasteiger partial charge in [0.25, 0.3) is 0 Å². The summed E-state index contributed by atoms with van der Waals surface area (Å²) in [7, 11) is 0. The topological polar surface area (TPSA) is 0 Å². The predicted molar refractivity (Wildman–Crippen MR) is 73.1 cm³/mol. The predicted octanol–water partition coefficient (Wildman–Crippen LogP) is 3.90. The van der Waals surface area contributed by atoms with E-state index in [-0.39, 0.29) is 0 Å². The minimum atomic E-state index is -0.403. The summed E-state index contributed by atoms with van der Waals surface area (Å²) in [4.78, 5) is 0. The van der Waals surface area contributed by atoms with Gasteiger partial charge in [0.1, 0.15) is 0 Å². The van der Waals surface area contributed by atoms with Gasteiger partial charge >= 0.3 is 108 Å². The van der Waals surface area contributed by atoms with Gasteiger partial charge in [-0.15, -0.1) is 0 Å². The second kappa shape index (κ2) is 10.8. The van der Waals surface area contributed by atoms with Crippen LogP contribution < -0.4 is 0 Å². The number of hydrogen-bond acceptors (Lipinski definition) is 0. The van der Waals surface area contributed by atoms with Crippen molar-refractivity contribution in [2.24, 2.45) is 0 Å². The van der Waals surface area contributed by atoms with E-state index in [0.29, 0.717) is 0 Å². The maximum absolute atomic E-state index is 2.96. The Hall–Kier alpha value is 0.282. The summed E-state index contributed by atoms with van der Waals surface area (Å²) in [6, 6.07) is 10.3. The van der Waals surface area contributed by atoms with Crippen molar-refractivity contribution in [1.82, 2.24) is 0 Å². The molecule has 15 heavy (non-hydrogen) atoms. The molecule has 0 aromatic heterocycles. The molecule has 0 nitrogen and oxygen atoms in total. The van der Waals surface area contributed by atoms with E-state index in [1.165, 1.54) is 21.3 Å². The van der Waals surface area contributed by atoms with E-state index in [1.54, 1.807) is 0 Å². The van der Waals surface area contributed by atoms with Crippen LogP contribution in [0.3, 0.4) is 0 Å². The van der Waals surface area contributed by atoms with Gasteiger partial charge < -0.3 is 0 Å². The van der Waals surface area contributed by atoms with Crippen LogP contribution in [0.4, 0.5) is 0 Å². The fourth-order valence-electron chi connectivity index (χ4n) is 1.32. The maximum atomic E-state index is 2.96. The minimum absolute atomic E-state index is 0.403. The quantitative estimate of drug-likeness (QED) is 0.735. The second-order valence-electron chi connectivity index (χ2n) is 3.44. The van der Waals surface area contributed by atoms with Crippen molar-refractivity contribution >= 4 is 30.4 Å². The summed E-state index contributed by atoms with van der Waals surface area (Å²) in [6.07, 6.45) is 0. The van der Waals surface area contributed by atoms with Crippen molar-refractivity contribution in [2.75, 3.05) is 0 Å². The van der Waals surface area contributed by atoms with E-state index >= 15 is 0 Å². The van der Waals surface area contributed by atoms with Gasteiger partial charge in [0, 0.05) is 0 Å². The zero-order chi connectivity index (χ0) is 11.5. The van der Waals surface area contributed by atoms with Crippen molar-refractivity contribution in [2.45, 2.75) is 41.9 Å². The molecule has 0 saturated heterocycles.